The van der Waals surface area contributed by atoms with Gasteiger partial charge in [0, 0.05) is 0 Å². The third kappa shape index (κ3) is 1.99. The van der Waals surface area contributed by atoms with Crippen molar-refractivity contribution in [2.75, 3.05) is 5.75 Å². The van der Waals surface area contributed by atoms with Crippen LogP contribution in [-0.4, -0.2) is 11.1 Å². The number of hydrogen-bond acceptors (Lipinski definition) is 0. The second-order valence-corrected chi connectivity index (χ2v) is 4.73. The van der Waals surface area contributed by atoms with E-state index in [1.807, 2.05) is 12.2 Å². The molecule has 0 aromatic rings. The van der Waals surface area contributed by atoms with Gasteiger partial charge in [0.05, 0.1) is 4.36 Å². The van der Waals surface area contributed by atoms with Crippen molar-refractivity contribution in [2.24, 2.45) is 0 Å². The van der Waals surface area contributed by atoms with E-state index in [2.05, 4.69) is 18.4 Å². The summed E-state index contributed by atoms with van der Waals surface area (Å²) in [5.41, 5.74) is 0. The fourth-order valence-corrected chi connectivity index (χ4v) is 2.70. The summed E-state index contributed by atoms with van der Waals surface area (Å²) in [6.07, 6.45) is 7.25. The van der Waals surface area contributed by atoms with Crippen molar-refractivity contribution >= 4 is 27.5 Å². The third-order valence-electron chi connectivity index (χ3n) is 1.26. The lowest BCUT2D eigenvalue weighted by Crippen LogP contribution is -1.84. The fourth-order valence-electron chi connectivity index (χ4n) is 0.809. The van der Waals surface area contributed by atoms with E-state index in [-0.39, 0.29) is 10.5 Å². The lowest BCUT2D eigenvalue weighted by Gasteiger charge is -2.06. The first-order chi connectivity index (χ1) is 4.84. The Morgan fingerprint density at radius 2 is 2.30 bits per heavy atom. The minimum Gasteiger partial charge on any atom is -0.144 e. The zero-order valence-electron chi connectivity index (χ0n) is 6.01. The van der Waals surface area contributed by atoms with Gasteiger partial charge in [-0.3, -0.25) is 0 Å². The fraction of sp³-hybridized carbons (Fsp3) is 0.375. The van der Waals surface area contributed by atoms with Crippen LogP contribution in [0.15, 0.2) is 22.6 Å². The summed E-state index contributed by atoms with van der Waals surface area (Å²) in [6, 6.07) is 0. The molecule has 0 radical (unpaired) electrons. The van der Waals surface area contributed by atoms with Crippen molar-refractivity contribution in [2.45, 2.75) is 13.3 Å². The molecular formula is C8H11ClS. The maximum absolute atomic E-state index is 5.95. The monoisotopic (exact) mass is 174 g/mol. The maximum Gasteiger partial charge on any atom is 0.0681 e. The van der Waals surface area contributed by atoms with Crippen LogP contribution in [0.5, 0.6) is 0 Å². The van der Waals surface area contributed by atoms with Crippen molar-refractivity contribution in [3.8, 4) is 0 Å². The highest BCUT2D eigenvalue weighted by molar-refractivity contribution is 8.19. The molecular weight excluding hydrogens is 164 g/mol. The van der Waals surface area contributed by atoms with Gasteiger partial charge in [-0.05, 0) is 23.6 Å². The first-order valence-corrected chi connectivity index (χ1v) is 5.25. The average Bonchev–Trinajstić information content (AvgIpc) is 1.94. The van der Waals surface area contributed by atoms with E-state index >= 15 is 0 Å². The first-order valence-electron chi connectivity index (χ1n) is 3.41. The molecule has 0 aromatic carbocycles. The van der Waals surface area contributed by atoms with Crippen molar-refractivity contribution in [3.63, 3.8) is 0 Å². The number of allylic oxidation sites excluding steroid dienone is 3. The maximum atomic E-state index is 5.95. The molecule has 0 amide bonds. The summed E-state index contributed by atoms with van der Waals surface area (Å²) in [7, 11) is 0.225. The van der Waals surface area contributed by atoms with Gasteiger partial charge >= 0.3 is 0 Å². The van der Waals surface area contributed by atoms with Crippen molar-refractivity contribution < 1.29 is 0 Å². The molecule has 1 aliphatic rings. The van der Waals surface area contributed by atoms with Crippen molar-refractivity contribution in [3.05, 3.63) is 22.6 Å². The Hall–Kier alpha value is -0.0100. The Morgan fingerprint density at radius 1 is 1.50 bits per heavy atom. The molecule has 1 rings (SSSR count). The third-order valence-corrected chi connectivity index (χ3v) is 3.95. The van der Waals surface area contributed by atoms with E-state index in [1.165, 1.54) is 12.2 Å². The average molecular weight is 175 g/mol. The van der Waals surface area contributed by atoms with Crippen LogP contribution in [0.3, 0.4) is 0 Å². The van der Waals surface area contributed by atoms with Gasteiger partial charge in [-0.25, -0.2) is 0 Å². The highest BCUT2D eigenvalue weighted by atomic mass is 35.5. The van der Waals surface area contributed by atoms with Crippen LogP contribution in [-0.2, 0) is 0 Å². The molecule has 0 nitrogen and oxygen atoms in total. The summed E-state index contributed by atoms with van der Waals surface area (Å²) >= 11 is 5.95. The summed E-state index contributed by atoms with van der Waals surface area (Å²) in [5.74, 6) is 1.19. The largest absolute Gasteiger partial charge is 0.144 e. The van der Waals surface area contributed by atoms with Gasteiger partial charge in [0.15, 0.2) is 0 Å². The molecule has 0 fully saturated rings. The zero-order chi connectivity index (χ0) is 7.40. The molecule has 1 aliphatic heterocycles. The Morgan fingerprint density at radius 3 is 2.90 bits per heavy atom. The van der Waals surface area contributed by atoms with Crippen LogP contribution in [0, 0.1) is 0 Å². The van der Waals surface area contributed by atoms with E-state index < -0.39 is 0 Å². The second kappa shape index (κ2) is 3.99. The lowest BCUT2D eigenvalue weighted by atomic mass is 10.5. The molecule has 0 aromatic heterocycles. The van der Waals surface area contributed by atoms with Crippen LogP contribution in [0.4, 0.5) is 0 Å². The highest BCUT2D eigenvalue weighted by Crippen LogP contribution is 2.30. The summed E-state index contributed by atoms with van der Waals surface area (Å²) in [4.78, 5) is 0. The van der Waals surface area contributed by atoms with Gasteiger partial charge in [-0.2, -0.15) is 0 Å². The van der Waals surface area contributed by atoms with Gasteiger partial charge in [0.2, 0.25) is 0 Å². The van der Waals surface area contributed by atoms with Crippen LogP contribution >= 0.6 is 22.1 Å². The molecule has 0 spiro atoms. The summed E-state index contributed by atoms with van der Waals surface area (Å²) in [6.45, 7) is 2.18. The molecule has 1 atom stereocenters. The zero-order valence-corrected chi connectivity index (χ0v) is 7.58. The molecule has 0 saturated heterocycles. The van der Waals surface area contributed by atoms with Gasteiger partial charge in [0.1, 0.15) is 0 Å². The summed E-state index contributed by atoms with van der Waals surface area (Å²) < 4.78 is 1.00. The Kier molecular flexibility index (Phi) is 3.23. The molecule has 56 valence electrons. The molecule has 0 N–H and O–H groups in total. The lowest BCUT2D eigenvalue weighted by molar-refractivity contribution is 1.11. The first kappa shape index (κ1) is 8.09. The Balaban J connectivity index is 2.67. The van der Waals surface area contributed by atoms with E-state index in [4.69, 9.17) is 11.6 Å². The molecule has 1 unspecified atom stereocenters. The predicted molar refractivity (Wildman–Crippen MR) is 51.9 cm³/mol. The normalized spacial score (nSPS) is 23.8. The van der Waals surface area contributed by atoms with Crippen LogP contribution in [0.1, 0.15) is 13.3 Å². The number of hydrogen-bond donors (Lipinski definition) is 0. The minimum absolute atomic E-state index is 0.225. The predicted octanol–water partition coefficient (Wildman–Crippen LogP) is 3.12. The molecule has 0 bridgehead atoms. The van der Waals surface area contributed by atoms with E-state index in [0.29, 0.717) is 0 Å². The van der Waals surface area contributed by atoms with Crippen LogP contribution < -0.4 is 0 Å². The topological polar surface area (TPSA) is 0 Å². The smallest absolute Gasteiger partial charge is 0.0681 e. The van der Waals surface area contributed by atoms with E-state index in [0.717, 1.165) is 4.36 Å². The molecule has 0 aliphatic carbocycles. The van der Waals surface area contributed by atoms with Gasteiger partial charge in [-0.1, -0.05) is 30.7 Å². The summed E-state index contributed by atoms with van der Waals surface area (Å²) in [5, 5.41) is 2.19. The minimum atomic E-state index is 0.225. The quantitative estimate of drug-likeness (QED) is 0.565. The number of rotatable bonds is 2. The molecule has 1 heterocycles. The highest BCUT2D eigenvalue weighted by Gasteiger charge is 1.98. The SMILES string of the molecule is CCCS1=CC=CC=C1Cl. The van der Waals surface area contributed by atoms with Gasteiger partial charge in [0.25, 0.3) is 0 Å². The standard InChI is InChI=1S/C8H11ClS/c1-2-6-10-7-4-3-5-8(10)9/h3-5,7H,2,6H2,1H3. The van der Waals surface area contributed by atoms with Crippen molar-refractivity contribution in [1.29, 1.82) is 0 Å². The van der Waals surface area contributed by atoms with E-state index in [9.17, 15) is 0 Å². The van der Waals surface area contributed by atoms with Crippen LogP contribution in [0.2, 0.25) is 0 Å². The number of halogens is 1. The second-order valence-electron chi connectivity index (χ2n) is 2.12. The van der Waals surface area contributed by atoms with E-state index in [1.54, 1.807) is 0 Å². The molecule has 2 heteroatoms. The Labute approximate surface area is 69.5 Å². The van der Waals surface area contributed by atoms with Gasteiger partial charge in [-0.15, -0.1) is 10.5 Å². The van der Waals surface area contributed by atoms with Crippen molar-refractivity contribution in [1.82, 2.24) is 0 Å². The molecule has 10 heavy (non-hydrogen) atoms. The van der Waals surface area contributed by atoms with Crippen LogP contribution in [0.25, 0.3) is 0 Å². The Bertz CT molecular complexity index is 201. The van der Waals surface area contributed by atoms with Gasteiger partial charge < -0.3 is 0 Å². The molecule has 0 saturated carbocycles.